The van der Waals surface area contributed by atoms with Gasteiger partial charge in [-0.1, -0.05) is 6.07 Å². The highest BCUT2D eigenvalue weighted by atomic mass is 16.5. The van der Waals surface area contributed by atoms with E-state index in [2.05, 4.69) is 16.0 Å². The van der Waals surface area contributed by atoms with Crippen LogP contribution in [0.4, 0.5) is 0 Å². The van der Waals surface area contributed by atoms with Crippen LogP contribution >= 0.6 is 0 Å². The summed E-state index contributed by atoms with van der Waals surface area (Å²) in [5.74, 6) is 1.29. The minimum absolute atomic E-state index is 0.346. The molecular weight excluding hydrogens is 202 g/mol. The quantitative estimate of drug-likeness (QED) is 0.787. The van der Waals surface area contributed by atoms with E-state index in [-0.39, 0.29) is 0 Å². The number of hydrogen-bond acceptors (Lipinski definition) is 3. The van der Waals surface area contributed by atoms with Crippen LogP contribution < -0.4 is 0 Å². The van der Waals surface area contributed by atoms with Crippen LogP contribution in [0, 0.1) is 11.3 Å². The summed E-state index contributed by atoms with van der Waals surface area (Å²) < 4.78 is 5.34. The Bertz CT molecular complexity index is 561. The van der Waals surface area contributed by atoms with E-state index in [4.69, 9.17) is 10.00 Å². The van der Waals surface area contributed by atoms with Crippen molar-refractivity contribution in [2.75, 3.05) is 13.2 Å². The van der Waals surface area contributed by atoms with Crippen molar-refractivity contribution in [2.45, 2.75) is 12.3 Å². The molecule has 1 aromatic heterocycles. The third kappa shape index (κ3) is 1.37. The second-order valence-electron chi connectivity index (χ2n) is 4.00. The van der Waals surface area contributed by atoms with Crippen molar-refractivity contribution >= 4 is 11.0 Å². The van der Waals surface area contributed by atoms with Gasteiger partial charge in [-0.3, -0.25) is 0 Å². The fourth-order valence-electron chi connectivity index (χ4n) is 2.08. The van der Waals surface area contributed by atoms with Crippen LogP contribution in [0.3, 0.4) is 0 Å². The van der Waals surface area contributed by atoms with Gasteiger partial charge in [-0.25, -0.2) is 4.98 Å². The second kappa shape index (κ2) is 3.62. The minimum atomic E-state index is 0.346. The molecule has 1 saturated heterocycles. The van der Waals surface area contributed by atoms with Crippen molar-refractivity contribution in [2.24, 2.45) is 0 Å². The Morgan fingerprint density at radius 3 is 3.19 bits per heavy atom. The van der Waals surface area contributed by atoms with Crippen LogP contribution in [0.15, 0.2) is 18.2 Å². The highest BCUT2D eigenvalue weighted by Crippen LogP contribution is 2.25. The Hall–Kier alpha value is -1.86. The van der Waals surface area contributed by atoms with Crippen LogP contribution in [0.25, 0.3) is 11.0 Å². The molecule has 4 heteroatoms. The molecular formula is C12H11N3O. The number of imidazole rings is 1. The summed E-state index contributed by atoms with van der Waals surface area (Å²) in [6.07, 6.45) is 1.00. The van der Waals surface area contributed by atoms with Crippen molar-refractivity contribution < 1.29 is 4.74 Å². The van der Waals surface area contributed by atoms with Crippen molar-refractivity contribution in [1.82, 2.24) is 9.97 Å². The van der Waals surface area contributed by atoms with Gasteiger partial charge in [0.15, 0.2) is 0 Å². The largest absolute Gasteiger partial charge is 0.381 e. The molecule has 4 nitrogen and oxygen atoms in total. The average molecular weight is 213 g/mol. The van der Waals surface area contributed by atoms with Crippen LogP contribution in [0.5, 0.6) is 0 Å². The number of fused-ring (bicyclic) bond motifs is 1. The Kier molecular flexibility index (Phi) is 2.12. The number of hydrogen-bond donors (Lipinski definition) is 1. The van der Waals surface area contributed by atoms with Gasteiger partial charge < -0.3 is 9.72 Å². The summed E-state index contributed by atoms with van der Waals surface area (Å²) in [5, 5.41) is 8.98. The van der Waals surface area contributed by atoms with Crippen LogP contribution in [-0.4, -0.2) is 23.2 Å². The number of rotatable bonds is 1. The van der Waals surface area contributed by atoms with E-state index in [0.29, 0.717) is 11.5 Å². The lowest BCUT2D eigenvalue weighted by Crippen LogP contribution is -1.99. The van der Waals surface area contributed by atoms with Gasteiger partial charge >= 0.3 is 0 Å². The molecule has 1 atom stereocenters. The minimum Gasteiger partial charge on any atom is -0.381 e. The standard InChI is InChI=1S/C12H11N3O/c13-6-8-2-1-3-10-11(8)15-12(14-10)9-4-5-16-7-9/h1-3,9H,4-5,7H2,(H,14,15). The van der Waals surface area contributed by atoms with E-state index < -0.39 is 0 Å². The normalized spacial score (nSPS) is 20.1. The Labute approximate surface area is 92.9 Å². The highest BCUT2D eigenvalue weighted by Gasteiger charge is 2.21. The van der Waals surface area contributed by atoms with E-state index in [1.165, 1.54) is 0 Å². The number of nitrogens with one attached hydrogen (secondary N) is 1. The van der Waals surface area contributed by atoms with Gasteiger partial charge in [-0.05, 0) is 18.6 Å². The van der Waals surface area contributed by atoms with Crippen LogP contribution in [0.1, 0.15) is 23.7 Å². The van der Waals surface area contributed by atoms with Gasteiger partial charge in [0, 0.05) is 12.5 Å². The monoisotopic (exact) mass is 213 g/mol. The highest BCUT2D eigenvalue weighted by molar-refractivity contribution is 5.81. The molecule has 0 bridgehead atoms. The molecule has 1 aromatic carbocycles. The Morgan fingerprint density at radius 1 is 1.50 bits per heavy atom. The molecule has 80 valence electrons. The number of aromatic nitrogens is 2. The zero-order valence-electron chi connectivity index (χ0n) is 8.73. The maximum absolute atomic E-state index is 8.98. The fourth-order valence-corrected chi connectivity index (χ4v) is 2.08. The van der Waals surface area contributed by atoms with E-state index in [9.17, 15) is 0 Å². The third-order valence-corrected chi connectivity index (χ3v) is 2.97. The lowest BCUT2D eigenvalue weighted by atomic mass is 10.1. The van der Waals surface area contributed by atoms with E-state index in [1.54, 1.807) is 6.07 Å². The summed E-state index contributed by atoms with van der Waals surface area (Å²) in [4.78, 5) is 7.78. The number of ether oxygens (including phenoxy) is 1. The molecule has 0 amide bonds. The smallest absolute Gasteiger partial charge is 0.112 e. The number of aromatic amines is 1. The average Bonchev–Trinajstić information content (AvgIpc) is 2.96. The first kappa shape index (κ1) is 9.37. The number of para-hydroxylation sites is 1. The second-order valence-corrected chi connectivity index (χ2v) is 4.00. The molecule has 0 radical (unpaired) electrons. The predicted molar refractivity (Wildman–Crippen MR) is 59.0 cm³/mol. The van der Waals surface area contributed by atoms with Gasteiger partial charge in [-0.2, -0.15) is 5.26 Å². The molecule has 0 spiro atoms. The zero-order chi connectivity index (χ0) is 11.0. The maximum atomic E-state index is 8.98. The number of nitriles is 1. The van der Waals surface area contributed by atoms with Gasteiger partial charge in [0.05, 0.1) is 17.7 Å². The predicted octanol–water partition coefficient (Wildman–Crippen LogP) is 1.94. The summed E-state index contributed by atoms with van der Waals surface area (Å²) in [7, 11) is 0. The van der Waals surface area contributed by atoms with Gasteiger partial charge in [0.1, 0.15) is 17.4 Å². The van der Waals surface area contributed by atoms with Crippen LogP contribution in [0.2, 0.25) is 0 Å². The molecule has 0 saturated carbocycles. The molecule has 0 aliphatic carbocycles. The summed E-state index contributed by atoms with van der Waals surface area (Å²) in [6.45, 7) is 1.52. The molecule has 1 unspecified atom stereocenters. The molecule has 2 aromatic rings. The lowest BCUT2D eigenvalue weighted by Gasteiger charge is -2.00. The topological polar surface area (TPSA) is 61.7 Å². The summed E-state index contributed by atoms with van der Waals surface area (Å²) in [6, 6.07) is 7.77. The Morgan fingerprint density at radius 2 is 2.44 bits per heavy atom. The Balaban J connectivity index is 2.12. The molecule has 1 aliphatic heterocycles. The third-order valence-electron chi connectivity index (χ3n) is 2.97. The molecule has 1 aliphatic rings. The molecule has 2 heterocycles. The molecule has 1 fully saturated rings. The van der Waals surface area contributed by atoms with Crippen molar-refractivity contribution in [1.29, 1.82) is 5.26 Å². The van der Waals surface area contributed by atoms with Crippen LogP contribution in [-0.2, 0) is 4.74 Å². The van der Waals surface area contributed by atoms with E-state index in [1.807, 2.05) is 12.1 Å². The molecule has 3 rings (SSSR count). The number of H-pyrrole nitrogens is 1. The van der Waals surface area contributed by atoms with Crippen molar-refractivity contribution in [3.8, 4) is 6.07 Å². The van der Waals surface area contributed by atoms with Crippen molar-refractivity contribution in [3.05, 3.63) is 29.6 Å². The maximum Gasteiger partial charge on any atom is 0.112 e. The zero-order valence-corrected chi connectivity index (χ0v) is 8.73. The van der Waals surface area contributed by atoms with Gasteiger partial charge in [-0.15, -0.1) is 0 Å². The fraction of sp³-hybridized carbons (Fsp3) is 0.333. The lowest BCUT2D eigenvalue weighted by molar-refractivity contribution is 0.193. The van der Waals surface area contributed by atoms with E-state index >= 15 is 0 Å². The summed E-state index contributed by atoms with van der Waals surface area (Å²) >= 11 is 0. The van der Waals surface area contributed by atoms with Gasteiger partial charge in [0.25, 0.3) is 0 Å². The first-order valence-corrected chi connectivity index (χ1v) is 5.35. The van der Waals surface area contributed by atoms with Gasteiger partial charge in [0.2, 0.25) is 0 Å². The first-order chi connectivity index (χ1) is 7.88. The van der Waals surface area contributed by atoms with E-state index in [0.717, 1.165) is 36.5 Å². The SMILES string of the molecule is N#Cc1cccc2[nH]c(C3CCOC3)nc12. The number of benzene rings is 1. The summed E-state index contributed by atoms with van der Waals surface area (Å²) in [5.41, 5.74) is 2.33. The first-order valence-electron chi connectivity index (χ1n) is 5.35. The molecule has 16 heavy (non-hydrogen) atoms. The molecule has 1 N–H and O–H groups in total. The number of nitrogens with zero attached hydrogens (tertiary/aromatic N) is 2. The van der Waals surface area contributed by atoms with Crippen molar-refractivity contribution in [3.63, 3.8) is 0 Å².